The fourth-order valence-electron chi connectivity index (χ4n) is 2.15. The number of hydrogen-bond donors (Lipinski definition) is 0. The van der Waals surface area contributed by atoms with Gasteiger partial charge in [-0.3, -0.25) is 0 Å². The van der Waals surface area contributed by atoms with E-state index in [2.05, 4.69) is 6.92 Å². The van der Waals surface area contributed by atoms with Crippen molar-refractivity contribution < 1.29 is 13.9 Å². The molecule has 1 aromatic carbocycles. The normalized spacial score (nSPS) is 10.7. The van der Waals surface area contributed by atoms with E-state index in [4.69, 9.17) is 9.15 Å². The van der Waals surface area contributed by atoms with Crippen molar-refractivity contribution in [3.05, 3.63) is 46.3 Å². The maximum Gasteiger partial charge on any atom is 0.351 e. The summed E-state index contributed by atoms with van der Waals surface area (Å²) < 4.78 is 10.3. The monoisotopic (exact) mass is 288 g/mol. The first kappa shape index (κ1) is 15.3. The van der Waals surface area contributed by atoms with Crippen LogP contribution in [0.2, 0.25) is 0 Å². The van der Waals surface area contributed by atoms with E-state index in [1.165, 1.54) is 18.9 Å². The predicted molar refractivity (Wildman–Crippen MR) is 81.5 cm³/mol. The molecule has 1 aromatic heterocycles. The summed E-state index contributed by atoms with van der Waals surface area (Å²) in [4.78, 5) is 23.7. The Morgan fingerprint density at radius 2 is 1.90 bits per heavy atom. The summed E-state index contributed by atoms with van der Waals surface area (Å²) >= 11 is 0. The summed E-state index contributed by atoms with van der Waals surface area (Å²) in [6.07, 6.45) is 5.38. The molecule has 0 aliphatic carbocycles. The van der Waals surface area contributed by atoms with Crippen LogP contribution in [0.15, 0.2) is 39.5 Å². The van der Waals surface area contributed by atoms with Crippen molar-refractivity contribution in [2.24, 2.45) is 0 Å². The van der Waals surface area contributed by atoms with Crippen LogP contribution in [0.25, 0.3) is 11.0 Å². The summed E-state index contributed by atoms with van der Waals surface area (Å²) in [5.74, 6) is -0.606. The molecule has 4 heteroatoms. The SMILES string of the molecule is CCCCCCCOC(=O)c1cc2ccccc2oc1=O. The Bertz CT molecular complexity index is 657. The van der Waals surface area contributed by atoms with E-state index in [0.29, 0.717) is 17.6 Å². The molecule has 0 bridgehead atoms. The van der Waals surface area contributed by atoms with E-state index in [0.717, 1.165) is 19.3 Å². The molecule has 112 valence electrons. The predicted octanol–water partition coefficient (Wildman–Crippen LogP) is 3.92. The zero-order valence-corrected chi connectivity index (χ0v) is 12.3. The van der Waals surface area contributed by atoms with Crippen LogP contribution in [0.1, 0.15) is 49.4 Å². The van der Waals surface area contributed by atoms with Crippen LogP contribution in [-0.4, -0.2) is 12.6 Å². The number of rotatable bonds is 7. The van der Waals surface area contributed by atoms with E-state index in [1.54, 1.807) is 18.2 Å². The third kappa shape index (κ3) is 4.18. The van der Waals surface area contributed by atoms with Crippen molar-refractivity contribution in [3.63, 3.8) is 0 Å². The molecule has 0 fully saturated rings. The van der Waals surface area contributed by atoms with Gasteiger partial charge >= 0.3 is 11.6 Å². The van der Waals surface area contributed by atoms with Crippen LogP contribution >= 0.6 is 0 Å². The Morgan fingerprint density at radius 1 is 1.14 bits per heavy atom. The average Bonchev–Trinajstić information content (AvgIpc) is 2.49. The second-order valence-electron chi connectivity index (χ2n) is 5.04. The lowest BCUT2D eigenvalue weighted by molar-refractivity contribution is 0.0493. The number of carbonyl (C=O) groups is 1. The number of esters is 1. The van der Waals surface area contributed by atoms with Crippen molar-refractivity contribution in [1.29, 1.82) is 0 Å². The summed E-state index contributed by atoms with van der Waals surface area (Å²) in [5, 5.41) is 0.715. The quantitative estimate of drug-likeness (QED) is 0.440. The third-order valence-electron chi connectivity index (χ3n) is 3.34. The molecule has 0 N–H and O–H groups in total. The zero-order valence-electron chi connectivity index (χ0n) is 12.3. The fourth-order valence-corrected chi connectivity index (χ4v) is 2.15. The van der Waals surface area contributed by atoms with Gasteiger partial charge in [-0.2, -0.15) is 0 Å². The molecular formula is C17H20O4. The van der Waals surface area contributed by atoms with Gasteiger partial charge in [0.1, 0.15) is 11.1 Å². The minimum absolute atomic E-state index is 0.0396. The molecule has 0 amide bonds. The Labute approximate surface area is 123 Å². The summed E-state index contributed by atoms with van der Waals surface area (Å²) in [7, 11) is 0. The van der Waals surface area contributed by atoms with E-state index < -0.39 is 11.6 Å². The van der Waals surface area contributed by atoms with Gasteiger partial charge in [0, 0.05) is 5.39 Å². The van der Waals surface area contributed by atoms with Crippen LogP contribution < -0.4 is 5.63 Å². The highest BCUT2D eigenvalue weighted by Crippen LogP contribution is 2.13. The highest BCUT2D eigenvalue weighted by Gasteiger charge is 2.14. The first-order valence-corrected chi connectivity index (χ1v) is 7.42. The topological polar surface area (TPSA) is 56.5 Å². The smallest absolute Gasteiger partial charge is 0.351 e. The molecule has 0 radical (unpaired) electrons. The molecule has 0 saturated carbocycles. The minimum atomic E-state index is -0.648. The van der Waals surface area contributed by atoms with Gasteiger partial charge in [-0.15, -0.1) is 0 Å². The van der Waals surface area contributed by atoms with E-state index in [1.807, 2.05) is 6.07 Å². The summed E-state index contributed by atoms with van der Waals surface area (Å²) in [5.41, 5.74) is -0.217. The zero-order chi connectivity index (χ0) is 15.1. The molecule has 2 aromatic rings. The molecule has 0 unspecified atom stereocenters. The van der Waals surface area contributed by atoms with Crippen LogP contribution in [0.4, 0.5) is 0 Å². The van der Waals surface area contributed by atoms with Crippen LogP contribution in [0, 0.1) is 0 Å². The number of para-hydroxylation sites is 1. The van der Waals surface area contributed by atoms with Gasteiger partial charge < -0.3 is 9.15 Å². The molecule has 0 atom stereocenters. The maximum atomic E-state index is 11.9. The van der Waals surface area contributed by atoms with E-state index in [9.17, 15) is 9.59 Å². The van der Waals surface area contributed by atoms with Gasteiger partial charge in [0.25, 0.3) is 0 Å². The second kappa shape index (κ2) is 7.62. The average molecular weight is 288 g/mol. The third-order valence-corrected chi connectivity index (χ3v) is 3.34. The first-order chi connectivity index (χ1) is 10.2. The van der Waals surface area contributed by atoms with Gasteiger partial charge in [-0.25, -0.2) is 9.59 Å². The highest BCUT2D eigenvalue weighted by molar-refractivity contribution is 5.92. The lowest BCUT2D eigenvalue weighted by Crippen LogP contribution is -2.16. The number of hydrogen-bond acceptors (Lipinski definition) is 4. The van der Waals surface area contributed by atoms with Crippen LogP contribution in [-0.2, 0) is 4.74 Å². The van der Waals surface area contributed by atoms with Crippen LogP contribution in [0.5, 0.6) is 0 Å². The number of ether oxygens (including phenoxy) is 1. The molecule has 0 spiro atoms. The standard InChI is InChI=1S/C17H20O4/c1-2-3-4-5-8-11-20-16(18)14-12-13-9-6-7-10-15(13)21-17(14)19/h6-7,9-10,12H,2-5,8,11H2,1H3. The molecule has 0 saturated heterocycles. The minimum Gasteiger partial charge on any atom is -0.462 e. The first-order valence-electron chi connectivity index (χ1n) is 7.42. The van der Waals surface area contributed by atoms with Crippen molar-refractivity contribution in [1.82, 2.24) is 0 Å². The lowest BCUT2D eigenvalue weighted by atomic mass is 10.1. The van der Waals surface area contributed by atoms with Gasteiger partial charge in [0.2, 0.25) is 0 Å². The van der Waals surface area contributed by atoms with Gasteiger partial charge in [-0.1, -0.05) is 50.8 Å². The molecule has 0 aliphatic heterocycles. The molecule has 0 aliphatic rings. The molecular weight excluding hydrogens is 268 g/mol. The second-order valence-corrected chi connectivity index (χ2v) is 5.04. The van der Waals surface area contributed by atoms with Gasteiger partial charge in [0.05, 0.1) is 6.61 Å². The molecule has 2 rings (SSSR count). The Balaban J connectivity index is 1.96. The number of unbranched alkanes of at least 4 members (excludes halogenated alkanes) is 4. The maximum absolute atomic E-state index is 11.9. The van der Waals surface area contributed by atoms with Crippen molar-refractivity contribution in [3.8, 4) is 0 Å². The van der Waals surface area contributed by atoms with E-state index in [-0.39, 0.29) is 5.56 Å². The fraction of sp³-hybridized carbons (Fsp3) is 0.412. The Hall–Kier alpha value is -2.10. The molecule has 4 nitrogen and oxygen atoms in total. The van der Waals surface area contributed by atoms with Crippen molar-refractivity contribution >= 4 is 16.9 Å². The van der Waals surface area contributed by atoms with Crippen molar-refractivity contribution in [2.45, 2.75) is 39.0 Å². The molecule has 1 heterocycles. The Morgan fingerprint density at radius 3 is 2.71 bits per heavy atom. The Kier molecular flexibility index (Phi) is 5.55. The van der Waals surface area contributed by atoms with E-state index >= 15 is 0 Å². The number of benzene rings is 1. The largest absolute Gasteiger partial charge is 0.462 e. The summed E-state index contributed by atoms with van der Waals surface area (Å²) in [6, 6.07) is 8.62. The van der Waals surface area contributed by atoms with Gasteiger partial charge in [-0.05, 0) is 18.6 Å². The number of fused-ring (bicyclic) bond motifs is 1. The lowest BCUT2D eigenvalue weighted by Gasteiger charge is -2.04. The number of carbonyl (C=O) groups excluding carboxylic acids is 1. The highest BCUT2D eigenvalue weighted by atomic mass is 16.5. The van der Waals surface area contributed by atoms with Crippen molar-refractivity contribution in [2.75, 3.05) is 6.61 Å². The van der Waals surface area contributed by atoms with Crippen LogP contribution in [0.3, 0.4) is 0 Å². The molecule has 21 heavy (non-hydrogen) atoms. The summed E-state index contributed by atoms with van der Waals surface area (Å²) in [6.45, 7) is 2.49. The van der Waals surface area contributed by atoms with Gasteiger partial charge in [0.15, 0.2) is 0 Å².